The summed E-state index contributed by atoms with van der Waals surface area (Å²) in [7, 11) is 0. The third-order valence-corrected chi connectivity index (χ3v) is 3.63. The fraction of sp³-hybridized carbons (Fsp3) is 0.389. The minimum absolute atomic E-state index is 0.396. The van der Waals surface area contributed by atoms with Crippen LogP contribution in [-0.2, 0) is 12.8 Å². The SMILES string of the molecule is CCCc1ccc(C(C)NCCc2ccncc2)cc1. The Bertz CT molecular complexity index is 491. The first kappa shape index (κ1) is 14.7. The molecule has 1 N–H and O–H groups in total. The maximum absolute atomic E-state index is 4.04. The average Bonchev–Trinajstić information content (AvgIpc) is 2.49. The fourth-order valence-electron chi connectivity index (χ4n) is 2.36. The van der Waals surface area contributed by atoms with Crippen LogP contribution in [0.15, 0.2) is 48.8 Å². The molecular formula is C18H24N2. The molecule has 0 saturated carbocycles. The van der Waals surface area contributed by atoms with Crippen molar-refractivity contribution in [1.29, 1.82) is 0 Å². The van der Waals surface area contributed by atoms with E-state index in [1.165, 1.54) is 29.5 Å². The topological polar surface area (TPSA) is 24.9 Å². The van der Waals surface area contributed by atoms with Gasteiger partial charge in [-0.05, 0) is 55.1 Å². The molecule has 1 unspecified atom stereocenters. The summed E-state index contributed by atoms with van der Waals surface area (Å²) in [6, 6.07) is 13.5. The van der Waals surface area contributed by atoms with Gasteiger partial charge < -0.3 is 5.32 Å². The zero-order valence-corrected chi connectivity index (χ0v) is 12.5. The van der Waals surface area contributed by atoms with Gasteiger partial charge in [-0.3, -0.25) is 4.98 Å². The lowest BCUT2D eigenvalue weighted by Gasteiger charge is -2.14. The molecule has 0 amide bonds. The fourth-order valence-corrected chi connectivity index (χ4v) is 2.36. The smallest absolute Gasteiger partial charge is 0.0291 e. The molecule has 0 aliphatic heterocycles. The number of benzene rings is 1. The number of pyridine rings is 1. The van der Waals surface area contributed by atoms with Gasteiger partial charge in [-0.1, -0.05) is 37.6 Å². The van der Waals surface area contributed by atoms with Crippen molar-refractivity contribution in [3.05, 3.63) is 65.5 Å². The van der Waals surface area contributed by atoms with E-state index >= 15 is 0 Å². The van der Waals surface area contributed by atoms with Gasteiger partial charge in [-0.25, -0.2) is 0 Å². The number of aromatic nitrogens is 1. The molecule has 20 heavy (non-hydrogen) atoms. The van der Waals surface area contributed by atoms with Crippen LogP contribution in [0.25, 0.3) is 0 Å². The number of hydrogen-bond donors (Lipinski definition) is 1. The number of nitrogens with zero attached hydrogens (tertiary/aromatic N) is 1. The van der Waals surface area contributed by atoms with Gasteiger partial charge in [0.1, 0.15) is 0 Å². The maximum Gasteiger partial charge on any atom is 0.0291 e. The van der Waals surface area contributed by atoms with Gasteiger partial charge in [0.15, 0.2) is 0 Å². The molecule has 0 fully saturated rings. The predicted octanol–water partition coefficient (Wildman–Crippen LogP) is 3.93. The number of hydrogen-bond acceptors (Lipinski definition) is 2. The molecule has 2 aromatic rings. The van der Waals surface area contributed by atoms with Crippen molar-refractivity contribution in [2.24, 2.45) is 0 Å². The highest BCUT2D eigenvalue weighted by Gasteiger charge is 2.04. The molecular weight excluding hydrogens is 244 g/mol. The Morgan fingerprint density at radius 1 is 0.950 bits per heavy atom. The first-order chi connectivity index (χ1) is 9.79. The van der Waals surface area contributed by atoms with Crippen molar-refractivity contribution in [2.75, 3.05) is 6.54 Å². The highest BCUT2D eigenvalue weighted by atomic mass is 14.9. The van der Waals surface area contributed by atoms with Gasteiger partial charge in [0.05, 0.1) is 0 Å². The van der Waals surface area contributed by atoms with Crippen molar-refractivity contribution >= 4 is 0 Å². The lowest BCUT2D eigenvalue weighted by atomic mass is 10.0. The number of nitrogens with one attached hydrogen (secondary N) is 1. The van der Waals surface area contributed by atoms with E-state index in [4.69, 9.17) is 0 Å². The molecule has 106 valence electrons. The molecule has 1 heterocycles. The Morgan fingerprint density at radius 3 is 2.25 bits per heavy atom. The van der Waals surface area contributed by atoms with Crippen molar-refractivity contribution in [2.45, 2.75) is 39.2 Å². The van der Waals surface area contributed by atoms with E-state index in [-0.39, 0.29) is 0 Å². The van der Waals surface area contributed by atoms with Crippen LogP contribution in [-0.4, -0.2) is 11.5 Å². The van der Waals surface area contributed by atoms with Crippen LogP contribution in [0, 0.1) is 0 Å². The first-order valence-electron chi connectivity index (χ1n) is 7.50. The second-order valence-electron chi connectivity index (χ2n) is 5.27. The number of aryl methyl sites for hydroxylation is 1. The lowest BCUT2D eigenvalue weighted by Crippen LogP contribution is -2.21. The van der Waals surface area contributed by atoms with Gasteiger partial charge in [-0.2, -0.15) is 0 Å². The van der Waals surface area contributed by atoms with E-state index in [0.29, 0.717) is 6.04 Å². The normalized spacial score (nSPS) is 12.3. The van der Waals surface area contributed by atoms with Crippen molar-refractivity contribution in [1.82, 2.24) is 10.3 Å². The van der Waals surface area contributed by atoms with Crippen LogP contribution in [0.4, 0.5) is 0 Å². The quantitative estimate of drug-likeness (QED) is 0.823. The Kier molecular flexibility index (Phi) is 5.75. The van der Waals surface area contributed by atoms with Gasteiger partial charge in [-0.15, -0.1) is 0 Å². The van der Waals surface area contributed by atoms with Gasteiger partial charge in [0.25, 0.3) is 0 Å². The van der Waals surface area contributed by atoms with E-state index in [2.05, 4.69) is 60.5 Å². The Morgan fingerprint density at radius 2 is 1.60 bits per heavy atom. The Hall–Kier alpha value is -1.67. The van der Waals surface area contributed by atoms with Crippen LogP contribution in [0.3, 0.4) is 0 Å². The molecule has 1 atom stereocenters. The summed E-state index contributed by atoms with van der Waals surface area (Å²) in [5, 5.41) is 3.58. The summed E-state index contributed by atoms with van der Waals surface area (Å²) in [6.07, 6.45) is 7.13. The molecule has 0 aliphatic carbocycles. The van der Waals surface area contributed by atoms with E-state index < -0.39 is 0 Å². The highest BCUT2D eigenvalue weighted by molar-refractivity contribution is 5.24. The lowest BCUT2D eigenvalue weighted by molar-refractivity contribution is 0.576. The maximum atomic E-state index is 4.04. The minimum atomic E-state index is 0.396. The van der Waals surface area contributed by atoms with Crippen LogP contribution in [0.1, 0.15) is 43.0 Å². The third-order valence-electron chi connectivity index (χ3n) is 3.63. The summed E-state index contributed by atoms with van der Waals surface area (Å²) < 4.78 is 0. The minimum Gasteiger partial charge on any atom is -0.310 e. The van der Waals surface area contributed by atoms with Gasteiger partial charge >= 0.3 is 0 Å². The second-order valence-corrected chi connectivity index (χ2v) is 5.27. The predicted molar refractivity (Wildman–Crippen MR) is 84.8 cm³/mol. The highest BCUT2D eigenvalue weighted by Crippen LogP contribution is 2.14. The van der Waals surface area contributed by atoms with E-state index in [9.17, 15) is 0 Å². The summed E-state index contributed by atoms with van der Waals surface area (Å²) in [6.45, 7) is 5.43. The summed E-state index contributed by atoms with van der Waals surface area (Å²) in [4.78, 5) is 4.04. The van der Waals surface area contributed by atoms with Gasteiger partial charge in [0, 0.05) is 18.4 Å². The van der Waals surface area contributed by atoms with Crippen LogP contribution in [0.5, 0.6) is 0 Å². The van der Waals surface area contributed by atoms with Crippen molar-refractivity contribution in [3.8, 4) is 0 Å². The third kappa shape index (κ3) is 4.46. The zero-order valence-electron chi connectivity index (χ0n) is 12.5. The van der Waals surface area contributed by atoms with Crippen LogP contribution >= 0.6 is 0 Å². The van der Waals surface area contributed by atoms with Crippen LogP contribution in [0.2, 0.25) is 0 Å². The molecule has 0 aliphatic rings. The molecule has 0 spiro atoms. The molecule has 2 rings (SSSR count). The summed E-state index contributed by atoms with van der Waals surface area (Å²) in [5.41, 5.74) is 4.12. The largest absolute Gasteiger partial charge is 0.310 e. The molecule has 0 radical (unpaired) electrons. The van der Waals surface area contributed by atoms with Crippen molar-refractivity contribution < 1.29 is 0 Å². The standard InChI is InChI=1S/C18H24N2/c1-3-4-16-5-7-18(8-6-16)15(2)20-14-11-17-9-12-19-13-10-17/h5-10,12-13,15,20H,3-4,11,14H2,1-2H3. The van der Waals surface area contributed by atoms with Crippen LogP contribution < -0.4 is 5.32 Å². The summed E-state index contributed by atoms with van der Waals surface area (Å²) >= 11 is 0. The molecule has 2 nitrogen and oxygen atoms in total. The van der Waals surface area contributed by atoms with E-state index in [1.807, 2.05) is 12.4 Å². The number of rotatable bonds is 7. The molecule has 0 saturated heterocycles. The van der Waals surface area contributed by atoms with E-state index in [1.54, 1.807) is 0 Å². The monoisotopic (exact) mass is 268 g/mol. The Labute approximate surface area is 122 Å². The Balaban J connectivity index is 1.80. The first-order valence-corrected chi connectivity index (χ1v) is 7.50. The summed E-state index contributed by atoms with van der Waals surface area (Å²) in [5.74, 6) is 0. The molecule has 0 bridgehead atoms. The molecule has 1 aromatic heterocycles. The second kappa shape index (κ2) is 7.81. The van der Waals surface area contributed by atoms with E-state index in [0.717, 1.165) is 13.0 Å². The zero-order chi connectivity index (χ0) is 14.2. The van der Waals surface area contributed by atoms with Crippen molar-refractivity contribution in [3.63, 3.8) is 0 Å². The average molecular weight is 268 g/mol. The molecule has 2 heteroatoms. The molecule has 1 aromatic carbocycles. The van der Waals surface area contributed by atoms with Gasteiger partial charge in [0.2, 0.25) is 0 Å².